The highest BCUT2D eigenvalue weighted by molar-refractivity contribution is 5.85. The van der Waals surface area contributed by atoms with Crippen molar-refractivity contribution in [3.63, 3.8) is 0 Å². The van der Waals surface area contributed by atoms with Gasteiger partial charge in [-0.25, -0.2) is 4.98 Å². The Kier molecular flexibility index (Phi) is 3.31. The van der Waals surface area contributed by atoms with Crippen LogP contribution in [0.15, 0.2) is 54.9 Å². The first-order valence-corrected chi connectivity index (χ1v) is 6.39. The van der Waals surface area contributed by atoms with E-state index in [-0.39, 0.29) is 0 Å². The van der Waals surface area contributed by atoms with E-state index >= 15 is 0 Å². The molecule has 4 nitrogen and oxygen atoms in total. The van der Waals surface area contributed by atoms with Crippen LogP contribution >= 0.6 is 0 Å². The molecule has 0 amide bonds. The zero-order valence-electron chi connectivity index (χ0n) is 11.0. The summed E-state index contributed by atoms with van der Waals surface area (Å²) in [6.07, 6.45) is 2.83. The molecule has 0 radical (unpaired) electrons. The molecule has 0 spiro atoms. The van der Waals surface area contributed by atoms with Crippen molar-refractivity contribution in [3.05, 3.63) is 60.4 Å². The molecule has 1 atom stereocenters. The second kappa shape index (κ2) is 5.27. The maximum Gasteiger partial charge on any atom is 0.219 e. The summed E-state index contributed by atoms with van der Waals surface area (Å²) < 4.78 is 5.82. The van der Waals surface area contributed by atoms with Crippen molar-refractivity contribution in [2.24, 2.45) is 0 Å². The Hall–Kier alpha value is -2.46. The Morgan fingerprint density at radius 3 is 2.80 bits per heavy atom. The quantitative estimate of drug-likeness (QED) is 0.788. The van der Waals surface area contributed by atoms with Gasteiger partial charge >= 0.3 is 0 Å². The predicted octanol–water partition coefficient (Wildman–Crippen LogP) is 3.48. The summed E-state index contributed by atoms with van der Waals surface area (Å²) in [5.41, 5.74) is 1.64. The van der Waals surface area contributed by atoms with Crippen molar-refractivity contribution >= 4 is 10.9 Å². The minimum absolute atomic E-state index is 0.458. The van der Waals surface area contributed by atoms with Crippen LogP contribution in [0.3, 0.4) is 0 Å². The van der Waals surface area contributed by atoms with Gasteiger partial charge in [0.15, 0.2) is 0 Å². The molecule has 20 heavy (non-hydrogen) atoms. The van der Waals surface area contributed by atoms with Crippen molar-refractivity contribution in [1.29, 1.82) is 0 Å². The van der Waals surface area contributed by atoms with Gasteiger partial charge in [0, 0.05) is 23.8 Å². The molecule has 0 fully saturated rings. The van der Waals surface area contributed by atoms with Gasteiger partial charge in [-0.15, -0.1) is 0 Å². The average molecular weight is 266 g/mol. The van der Waals surface area contributed by atoms with Gasteiger partial charge in [0.25, 0.3) is 0 Å². The first kappa shape index (κ1) is 12.6. The monoisotopic (exact) mass is 266 g/mol. The molecule has 3 rings (SSSR count). The molecule has 2 heterocycles. The zero-order valence-corrected chi connectivity index (χ0v) is 11.0. The minimum Gasteiger partial charge on any atom is -0.438 e. The number of aromatic nitrogens is 2. The summed E-state index contributed by atoms with van der Waals surface area (Å²) in [5.74, 6) is 1.16. The number of pyridine rings is 2. The molecule has 100 valence electrons. The highest BCUT2D eigenvalue weighted by Gasteiger charge is 2.07. The van der Waals surface area contributed by atoms with Gasteiger partial charge in [-0.2, -0.15) is 0 Å². The van der Waals surface area contributed by atoms with Crippen LogP contribution < -0.4 is 4.74 Å². The van der Waals surface area contributed by atoms with E-state index in [9.17, 15) is 5.11 Å². The Morgan fingerprint density at radius 1 is 1.05 bits per heavy atom. The molecule has 1 N–H and O–H groups in total. The smallest absolute Gasteiger partial charge is 0.219 e. The van der Waals surface area contributed by atoms with Crippen molar-refractivity contribution in [3.8, 4) is 11.6 Å². The van der Waals surface area contributed by atoms with E-state index in [2.05, 4.69) is 9.97 Å². The van der Waals surface area contributed by atoms with Crippen LogP contribution in [-0.4, -0.2) is 15.1 Å². The first-order valence-electron chi connectivity index (χ1n) is 6.39. The van der Waals surface area contributed by atoms with E-state index in [1.54, 1.807) is 31.5 Å². The fraction of sp³-hybridized carbons (Fsp3) is 0.125. The molecule has 1 aromatic carbocycles. The van der Waals surface area contributed by atoms with Crippen LogP contribution in [0, 0.1) is 0 Å². The highest BCUT2D eigenvalue weighted by Crippen LogP contribution is 2.28. The van der Waals surface area contributed by atoms with Gasteiger partial charge in [0.1, 0.15) is 5.75 Å². The molecular formula is C16H14N2O2. The summed E-state index contributed by atoms with van der Waals surface area (Å²) >= 11 is 0. The molecular weight excluding hydrogens is 252 g/mol. The van der Waals surface area contributed by atoms with Gasteiger partial charge in [-0.05, 0) is 42.8 Å². The van der Waals surface area contributed by atoms with Gasteiger partial charge in [-0.3, -0.25) is 4.98 Å². The lowest BCUT2D eigenvalue weighted by molar-refractivity contribution is 0.198. The Balaban J connectivity index is 1.99. The number of ether oxygens (including phenoxy) is 1. The van der Waals surface area contributed by atoms with Crippen molar-refractivity contribution in [2.75, 3.05) is 0 Å². The van der Waals surface area contributed by atoms with Crippen LogP contribution in [0.5, 0.6) is 11.6 Å². The number of aliphatic hydroxyl groups is 1. The molecule has 0 unspecified atom stereocenters. The standard InChI is InChI=1S/C16H14N2O2/c1-11(19)12-7-9-18-16(10-12)20-15-6-2-5-14-13(15)4-3-8-17-14/h2-11,19H,1H3/t11-/m1/s1. The molecule has 0 saturated heterocycles. The molecule has 0 aliphatic carbocycles. The third kappa shape index (κ3) is 2.46. The lowest BCUT2D eigenvalue weighted by Gasteiger charge is -2.09. The Morgan fingerprint density at radius 2 is 1.95 bits per heavy atom. The predicted molar refractivity (Wildman–Crippen MR) is 76.7 cm³/mol. The second-order valence-corrected chi connectivity index (χ2v) is 4.53. The second-order valence-electron chi connectivity index (χ2n) is 4.53. The van der Waals surface area contributed by atoms with Crippen LogP contribution in [0.4, 0.5) is 0 Å². The molecule has 3 aromatic rings. The summed E-state index contributed by atoms with van der Waals surface area (Å²) in [7, 11) is 0. The van der Waals surface area contributed by atoms with Gasteiger partial charge in [0.2, 0.25) is 5.88 Å². The lowest BCUT2D eigenvalue weighted by Crippen LogP contribution is -1.94. The molecule has 0 saturated carbocycles. The number of hydrogen-bond donors (Lipinski definition) is 1. The summed E-state index contributed by atoms with van der Waals surface area (Å²) in [6, 6.07) is 13.0. The number of fused-ring (bicyclic) bond motifs is 1. The highest BCUT2D eigenvalue weighted by atomic mass is 16.5. The normalized spacial score (nSPS) is 12.3. The molecule has 4 heteroatoms. The molecule has 0 bridgehead atoms. The minimum atomic E-state index is -0.547. The number of aliphatic hydroxyl groups excluding tert-OH is 1. The summed E-state index contributed by atoms with van der Waals surface area (Å²) in [5, 5.41) is 10.5. The van der Waals surface area contributed by atoms with Crippen LogP contribution in [0.2, 0.25) is 0 Å². The number of rotatable bonds is 3. The SMILES string of the molecule is C[C@@H](O)c1ccnc(Oc2cccc3ncccc23)c1. The summed E-state index contributed by atoms with van der Waals surface area (Å²) in [6.45, 7) is 1.71. The van der Waals surface area contributed by atoms with Crippen molar-refractivity contribution in [1.82, 2.24) is 9.97 Å². The first-order chi connectivity index (χ1) is 9.74. The van der Waals surface area contributed by atoms with Crippen LogP contribution in [0.25, 0.3) is 10.9 Å². The number of benzene rings is 1. The topological polar surface area (TPSA) is 55.2 Å². The fourth-order valence-electron chi connectivity index (χ4n) is 2.02. The molecule has 2 aromatic heterocycles. The maximum atomic E-state index is 9.59. The number of hydrogen-bond acceptors (Lipinski definition) is 4. The van der Waals surface area contributed by atoms with E-state index in [0.29, 0.717) is 11.6 Å². The van der Waals surface area contributed by atoms with E-state index in [1.165, 1.54) is 0 Å². The maximum absolute atomic E-state index is 9.59. The molecule has 0 aliphatic heterocycles. The largest absolute Gasteiger partial charge is 0.438 e. The summed E-state index contributed by atoms with van der Waals surface area (Å²) in [4.78, 5) is 8.46. The van der Waals surface area contributed by atoms with E-state index in [4.69, 9.17) is 4.74 Å². The van der Waals surface area contributed by atoms with Gasteiger partial charge in [-0.1, -0.05) is 6.07 Å². The third-order valence-electron chi connectivity index (χ3n) is 3.06. The molecule has 0 aliphatic rings. The van der Waals surface area contributed by atoms with E-state index < -0.39 is 6.10 Å². The third-order valence-corrected chi connectivity index (χ3v) is 3.06. The lowest BCUT2D eigenvalue weighted by atomic mass is 10.2. The Labute approximate surface area is 116 Å². The van der Waals surface area contributed by atoms with Crippen LogP contribution in [0.1, 0.15) is 18.6 Å². The van der Waals surface area contributed by atoms with E-state index in [1.807, 2.05) is 30.3 Å². The number of nitrogens with zero attached hydrogens (tertiary/aromatic N) is 2. The van der Waals surface area contributed by atoms with Crippen molar-refractivity contribution < 1.29 is 9.84 Å². The van der Waals surface area contributed by atoms with E-state index in [0.717, 1.165) is 16.5 Å². The Bertz CT molecular complexity index is 736. The van der Waals surface area contributed by atoms with Crippen LogP contribution in [-0.2, 0) is 0 Å². The van der Waals surface area contributed by atoms with Gasteiger partial charge < -0.3 is 9.84 Å². The average Bonchev–Trinajstić information content (AvgIpc) is 2.48. The van der Waals surface area contributed by atoms with Gasteiger partial charge in [0.05, 0.1) is 11.6 Å². The van der Waals surface area contributed by atoms with Crippen molar-refractivity contribution in [2.45, 2.75) is 13.0 Å². The zero-order chi connectivity index (χ0) is 13.9. The fourth-order valence-corrected chi connectivity index (χ4v) is 2.02.